The summed E-state index contributed by atoms with van der Waals surface area (Å²) in [6.45, 7) is 5.51. The largest absolute Gasteiger partial charge is 0.307 e. The van der Waals surface area contributed by atoms with Crippen molar-refractivity contribution in [3.63, 3.8) is 0 Å². The van der Waals surface area contributed by atoms with Crippen LogP contribution in [0.3, 0.4) is 0 Å². The molecule has 1 N–H and O–H groups in total. The molecule has 0 aromatic carbocycles. The monoisotopic (exact) mass is 235 g/mol. The van der Waals surface area contributed by atoms with Crippen LogP contribution in [0, 0.1) is 0 Å². The van der Waals surface area contributed by atoms with Gasteiger partial charge in [0.15, 0.2) is 0 Å². The highest BCUT2D eigenvalue weighted by Crippen LogP contribution is 2.28. The van der Waals surface area contributed by atoms with Crippen molar-refractivity contribution in [2.24, 2.45) is 7.05 Å². The van der Waals surface area contributed by atoms with Crippen LogP contribution in [0.5, 0.6) is 0 Å². The SMILES string of the molecule is CCc1nn(C)cc1CNC1(C)CCCCC1. The van der Waals surface area contributed by atoms with Crippen LogP contribution in [0.15, 0.2) is 6.20 Å². The number of aryl methyl sites for hydroxylation is 2. The molecule has 1 aromatic rings. The van der Waals surface area contributed by atoms with Gasteiger partial charge >= 0.3 is 0 Å². The van der Waals surface area contributed by atoms with Gasteiger partial charge in [-0.2, -0.15) is 5.10 Å². The summed E-state index contributed by atoms with van der Waals surface area (Å²) in [4.78, 5) is 0. The van der Waals surface area contributed by atoms with E-state index in [2.05, 4.69) is 30.5 Å². The average molecular weight is 235 g/mol. The van der Waals surface area contributed by atoms with E-state index < -0.39 is 0 Å². The van der Waals surface area contributed by atoms with Crippen LogP contribution in [0.25, 0.3) is 0 Å². The standard InChI is InChI=1S/C14H25N3/c1-4-13-12(11-17(3)16-13)10-15-14(2)8-6-5-7-9-14/h11,15H,4-10H2,1-3H3. The summed E-state index contributed by atoms with van der Waals surface area (Å²) >= 11 is 0. The Bertz CT molecular complexity index is 362. The van der Waals surface area contributed by atoms with Gasteiger partial charge in [-0.05, 0) is 26.2 Å². The first kappa shape index (κ1) is 12.6. The smallest absolute Gasteiger partial charge is 0.0666 e. The van der Waals surface area contributed by atoms with Crippen molar-refractivity contribution in [3.8, 4) is 0 Å². The Morgan fingerprint density at radius 2 is 2.06 bits per heavy atom. The van der Waals surface area contributed by atoms with Gasteiger partial charge in [0, 0.05) is 30.9 Å². The molecule has 0 amide bonds. The molecule has 0 atom stereocenters. The summed E-state index contributed by atoms with van der Waals surface area (Å²) in [6.07, 6.45) is 9.95. The van der Waals surface area contributed by atoms with E-state index in [-0.39, 0.29) is 0 Å². The Hall–Kier alpha value is -0.830. The molecule has 1 fully saturated rings. The van der Waals surface area contributed by atoms with Gasteiger partial charge in [-0.3, -0.25) is 4.68 Å². The fourth-order valence-corrected chi connectivity index (χ4v) is 2.85. The van der Waals surface area contributed by atoms with Crippen molar-refractivity contribution < 1.29 is 0 Å². The number of hydrogen-bond donors (Lipinski definition) is 1. The number of aromatic nitrogens is 2. The lowest BCUT2D eigenvalue weighted by molar-refractivity contribution is 0.252. The van der Waals surface area contributed by atoms with Crippen LogP contribution in [-0.4, -0.2) is 15.3 Å². The summed E-state index contributed by atoms with van der Waals surface area (Å²) in [5, 5.41) is 8.24. The fourth-order valence-electron chi connectivity index (χ4n) is 2.85. The van der Waals surface area contributed by atoms with E-state index in [0.717, 1.165) is 13.0 Å². The number of rotatable bonds is 4. The third-order valence-corrected chi connectivity index (χ3v) is 3.99. The van der Waals surface area contributed by atoms with Gasteiger partial charge in [-0.15, -0.1) is 0 Å². The van der Waals surface area contributed by atoms with E-state index in [1.165, 1.54) is 43.4 Å². The van der Waals surface area contributed by atoms with Crippen molar-refractivity contribution in [2.45, 2.75) is 64.5 Å². The molecule has 1 saturated carbocycles. The summed E-state index contributed by atoms with van der Waals surface area (Å²) in [5.74, 6) is 0. The first-order valence-corrected chi connectivity index (χ1v) is 6.89. The molecule has 1 aliphatic rings. The van der Waals surface area contributed by atoms with Crippen molar-refractivity contribution >= 4 is 0 Å². The molecule has 3 heteroatoms. The molecule has 1 aliphatic carbocycles. The van der Waals surface area contributed by atoms with Gasteiger partial charge in [0.1, 0.15) is 0 Å². The van der Waals surface area contributed by atoms with E-state index in [9.17, 15) is 0 Å². The summed E-state index contributed by atoms with van der Waals surface area (Å²) in [6, 6.07) is 0. The lowest BCUT2D eigenvalue weighted by Gasteiger charge is -2.34. The summed E-state index contributed by atoms with van der Waals surface area (Å²) in [7, 11) is 2.00. The molecule has 3 nitrogen and oxygen atoms in total. The second kappa shape index (κ2) is 5.21. The fraction of sp³-hybridized carbons (Fsp3) is 0.786. The van der Waals surface area contributed by atoms with E-state index in [1.807, 2.05) is 11.7 Å². The van der Waals surface area contributed by atoms with Crippen molar-refractivity contribution in [1.82, 2.24) is 15.1 Å². The second-order valence-electron chi connectivity index (χ2n) is 5.60. The van der Waals surface area contributed by atoms with Gasteiger partial charge in [-0.1, -0.05) is 26.2 Å². The maximum Gasteiger partial charge on any atom is 0.0666 e. The van der Waals surface area contributed by atoms with E-state index in [4.69, 9.17) is 0 Å². The average Bonchev–Trinajstić information content (AvgIpc) is 2.68. The molecule has 0 bridgehead atoms. The maximum absolute atomic E-state index is 4.49. The highest BCUT2D eigenvalue weighted by atomic mass is 15.3. The zero-order chi connectivity index (χ0) is 12.3. The van der Waals surface area contributed by atoms with Crippen molar-refractivity contribution in [2.75, 3.05) is 0 Å². The summed E-state index contributed by atoms with van der Waals surface area (Å²) in [5.41, 5.74) is 2.94. The van der Waals surface area contributed by atoms with Crippen LogP contribution < -0.4 is 5.32 Å². The number of hydrogen-bond acceptors (Lipinski definition) is 2. The van der Waals surface area contributed by atoms with Crippen LogP contribution in [0.1, 0.15) is 57.2 Å². The Morgan fingerprint density at radius 3 is 2.71 bits per heavy atom. The minimum atomic E-state index is 0.346. The van der Waals surface area contributed by atoms with Gasteiger partial charge in [0.05, 0.1) is 5.69 Å². The molecular formula is C14H25N3. The molecule has 0 unspecified atom stereocenters. The predicted molar refractivity (Wildman–Crippen MR) is 70.9 cm³/mol. The zero-order valence-electron chi connectivity index (χ0n) is 11.4. The molecule has 0 spiro atoms. The third-order valence-electron chi connectivity index (χ3n) is 3.99. The van der Waals surface area contributed by atoms with Crippen LogP contribution in [0.4, 0.5) is 0 Å². The Morgan fingerprint density at radius 1 is 1.35 bits per heavy atom. The second-order valence-corrected chi connectivity index (χ2v) is 5.60. The minimum Gasteiger partial charge on any atom is -0.307 e. The van der Waals surface area contributed by atoms with Gasteiger partial charge in [-0.25, -0.2) is 0 Å². The Labute approximate surface area is 105 Å². The summed E-state index contributed by atoms with van der Waals surface area (Å²) < 4.78 is 1.93. The lowest BCUT2D eigenvalue weighted by Crippen LogP contribution is -2.43. The molecule has 1 aromatic heterocycles. The minimum absolute atomic E-state index is 0.346. The van der Waals surface area contributed by atoms with E-state index in [1.54, 1.807) is 0 Å². The van der Waals surface area contributed by atoms with Crippen molar-refractivity contribution in [3.05, 3.63) is 17.5 Å². The Kier molecular flexibility index (Phi) is 3.87. The van der Waals surface area contributed by atoms with E-state index >= 15 is 0 Å². The molecule has 0 saturated heterocycles. The van der Waals surface area contributed by atoms with E-state index in [0.29, 0.717) is 5.54 Å². The molecule has 96 valence electrons. The molecule has 2 rings (SSSR count). The van der Waals surface area contributed by atoms with Gasteiger partial charge in [0.2, 0.25) is 0 Å². The molecule has 0 aliphatic heterocycles. The van der Waals surface area contributed by atoms with Gasteiger partial charge in [0.25, 0.3) is 0 Å². The predicted octanol–water partition coefficient (Wildman–Crippen LogP) is 2.79. The van der Waals surface area contributed by atoms with Crippen LogP contribution >= 0.6 is 0 Å². The first-order valence-electron chi connectivity index (χ1n) is 6.89. The quantitative estimate of drug-likeness (QED) is 0.869. The lowest BCUT2D eigenvalue weighted by atomic mass is 9.83. The van der Waals surface area contributed by atoms with Crippen molar-refractivity contribution in [1.29, 1.82) is 0 Å². The molecule has 1 heterocycles. The third kappa shape index (κ3) is 3.09. The topological polar surface area (TPSA) is 29.9 Å². The Balaban J connectivity index is 1.96. The van der Waals surface area contributed by atoms with Crippen LogP contribution in [0.2, 0.25) is 0 Å². The number of nitrogens with zero attached hydrogens (tertiary/aromatic N) is 2. The normalized spacial score (nSPS) is 19.5. The molecular weight excluding hydrogens is 210 g/mol. The number of nitrogens with one attached hydrogen (secondary N) is 1. The molecule has 17 heavy (non-hydrogen) atoms. The van der Waals surface area contributed by atoms with Gasteiger partial charge < -0.3 is 5.32 Å². The zero-order valence-corrected chi connectivity index (χ0v) is 11.4. The maximum atomic E-state index is 4.49. The molecule has 0 radical (unpaired) electrons. The highest BCUT2D eigenvalue weighted by Gasteiger charge is 2.26. The first-order chi connectivity index (χ1) is 8.13. The highest BCUT2D eigenvalue weighted by molar-refractivity contribution is 5.17. The van der Waals surface area contributed by atoms with Crippen LogP contribution in [-0.2, 0) is 20.0 Å².